The van der Waals surface area contributed by atoms with Gasteiger partial charge in [-0.15, -0.1) is 13.2 Å². The molecule has 2 unspecified atom stereocenters. The Morgan fingerprint density at radius 1 is 1.10 bits per heavy atom. The average molecular weight is 439 g/mol. The molecule has 31 heavy (non-hydrogen) atoms. The van der Waals surface area contributed by atoms with E-state index in [1.165, 1.54) is 59.8 Å². The molecular weight excluding hydrogens is 422 g/mol. The Morgan fingerprint density at radius 3 is 2.52 bits per heavy atom. The normalized spacial score (nSPS) is 21.2. The summed E-state index contributed by atoms with van der Waals surface area (Å²) < 4.78 is 74.2. The number of benzene rings is 2. The molecule has 2 heterocycles. The smallest absolute Gasteiger partial charge is 0.487 e. The summed E-state index contributed by atoms with van der Waals surface area (Å²) in [6.45, 7) is 0.121. The Kier molecular flexibility index (Phi) is 5.79. The predicted octanol–water partition coefficient (Wildman–Crippen LogP) is 3.66. The molecule has 2 atom stereocenters. The minimum absolute atomic E-state index is 0.0843. The van der Waals surface area contributed by atoms with Gasteiger partial charge in [0.1, 0.15) is 37.7 Å². The molecule has 0 radical (unpaired) electrons. The number of rotatable bonds is 7. The summed E-state index contributed by atoms with van der Waals surface area (Å²) in [4.78, 5) is 3.89. The molecule has 1 aliphatic heterocycles. The summed E-state index contributed by atoms with van der Waals surface area (Å²) in [5.41, 5.74) is 0.549. The molecule has 0 aliphatic carbocycles. The van der Waals surface area contributed by atoms with E-state index in [0.29, 0.717) is 5.56 Å². The third-order valence-corrected chi connectivity index (χ3v) is 4.48. The highest BCUT2D eigenvalue weighted by Gasteiger charge is 2.44. The molecule has 7 nitrogen and oxygen atoms in total. The zero-order valence-corrected chi connectivity index (χ0v) is 16.0. The van der Waals surface area contributed by atoms with Gasteiger partial charge in [-0.2, -0.15) is 5.10 Å². The second-order valence-corrected chi connectivity index (χ2v) is 6.71. The fraction of sp³-hybridized carbons (Fsp3) is 0.300. The molecule has 4 rings (SSSR count). The minimum Gasteiger partial charge on any atom is -0.487 e. The number of nitrogens with zero attached hydrogens (tertiary/aromatic N) is 3. The molecule has 2 aromatic carbocycles. The van der Waals surface area contributed by atoms with Gasteiger partial charge in [0.2, 0.25) is 5.79 Å². The molecule has 1 aliphatic rings. The highest BCUT2D eigenvalue weighted by Crippen LogP contribution is 2.37. The van der Waals surface area contributed by atoms with Crippen molar-refractivity contribution in [3.05, 3.63) is 72.6 Å². The van der Waals surface area contributed by atoms with Crippen molar-refractivity contribution in [2.75, 3.05) is 13.2 Å². The van der Waals surface area contributed by atoms with Crippen molar-refractivity contribution in [2.24, 2.45) is 0 Å². The first-order chi connectivity index (χ1) is 14.8. The maximum Gasteiger partial charge on any atom is 0.573 e. The fourth-order valence-electron chi connectivity index (χ4n) is 3.17. The van der Waals surface area contributed by atoms with E-state index in [2.05, 4.69) is 14.8 Å². The molecule has 0 N–H and O–H groups in total. The first-order valence-electron chi connectivity index (χ1n) is 9.21. The maximum absolute atomic E-state index is 13.4. The van der Waals surface area contributed by atoms with E-state index in [4.69, 9.17) is 14.2 Å². The van der Waals surface area contributed by atoms with Crippen LogP contribution < -0.4 is 9.47 Å². The Morgan fingerprint density at radius 2 is 1.84 bits per heavy atom. The number of hydrogen-bond acceptors (Lipinski definition) is 6. The number of aromatic nitrogens is 3. The fourth-order valence-corrected chi connectivity index (χ4v) is 3.17. The van der Waals surface area contributed by atoms with Crippen LogP contribution in [0.25, 0.3) is 0 Å². The maximum atomic E-state index is 13.4. The molecule has 0 spiro atoms. The Hall–Kier alpha value is -3.18. The van der Waals surface area contributed by atoms with Gasteiger partial charge in [-0.1, -0.05) is 24.3 Å². The van der Waals surface area contributed by atoms with Gasteiger partial charge in [-0.25, -0.2) is 14.1 Å². The zero-order chi connectivity index (χ0) is 21.9. The third kappa shape index (κ3) is 5.12. The molecule has 0 saturated carbocycles. The summed E-state index contributed by atoms with van der Waals surface area (Å²) in [5, 5.41) is 4.05. The highest BCUT2D eigenvalue weighted by molar-refractivity contribution is 5.39. The van der Waals surface area contributed by atoms with Gasteiger partial charge < -0.3 is 18.9 Å². The standard InChI is InChI=1S/C20H17F4N3O4/c21-15-7-5-14(6-8-15)19(11-27-13-25-12-26-27)29-10-16(30-19)9-28-17-3-1-2-4-18(17)31-20(22,23)24/h1-8,12-13,16H,9-11H2. The summed E-state index contributed by atoms with van der Waals surface area (Å²) in [5.74, 6) is -2.25. The van der Waals surface area contributed by atoms with Crippen LogP contribution in [-0.4, -0.2) is 40.4 Å². The van der Waals surface area contributed by atoms with Crippen LogP contribution in [0.3, 0.4) is 0 Å². The topological polar surface area (TPSA) is 67.6 Å². The number of ether oxygens (including phenoxy) is 4. The van der Waals surface area contributed by atoms with Crippen molar-refractivity contribution in [3.8, 4) is 11.5 Å². The Labute approximate surface area is 174 Å². The van der Waals surface area contributed by atoms with E-state index in [0.717, 1.165) is 6.07 Å². The van der Waals surface area contributed by atoms with E-state index >= 15 is 0 Å². The van der Waals surface area contributed by atoms with Crippen molar-refractivity contribution in [1.29, 1.82) is 0 Å². The summed E-state index contributed by atoms with van der Waals surface area (Å²) >= 11 is 0. The van der Waals surface area contributed by atoms with Gasteiger partial charge in [0.05, 0.1) is 6.61 Å². The molecule has 11 heteroatoms. The Bertz CT molecular complexity index is 998. The van der Waals surface area contributed by atoms with Crippen LogP contribution in [-0.2, 0) is 21.8 Å². The zero-order valence-electron chi connectivity index (χ0n) is 16.0. The van der Waals surface area contributed by atoms with Crippen molar-refractivity contribution < 1.29 is 36.5 Å². The SMILES string of the molecule is Fc1ccc(C2(Cn3cncn3)OCC(COc3ccccc3OC(F)(F)F)O2)cc1. The van der Waals surface area contributed by atoms with Crippen LogP contribution in [0, 0.1) is 5.82 Å². The van der Waals surface area contributed by atoms with Gasteiger partial charge >= 0.3 is 6.36 Å². The van der Waals surface area contributed by atoms with Gasteiger partial charge in [-0.05, 0) is 24.3 Å². The van der Waals surface area contributed by atoms with Gasteiger partial charge in [0.15, 0.2) is 11.5 Å². The summed E-state index contributed by atoms with van der Waals surface area (Å²) in [6.07, 6.45) is -2.63. The average Bonchev–Trinajstić information content (AvgIpc) is 3.38. The largest absolute Gasteiger partial charge is 0.573 e. The summed E-state index contributed by atoms with van der Waals surface area (Å²) in [7, 11) is 0. The highest BCUT2D eigenvalue weighted by atomic mass is 19.4. The van der Waals surface area contributed by atoms with Crippen molar-refractivity contribution in [2.45, 2.75) is 24.8 Å². The van der Waals surface area contributed by atoms with Gasteiger partial charge in [0, 0.05) is 5.56 Å². The monoisotopic (exact) mass is 439 g/mol. The van der Waals surface area contributed by atoms with Crippen LogP contribution in [0.5, 0.6) is 11.5 Å². The minimum atomic E-state index is -4.85. The third-order valence-electron chi connectivity index (χ3n) is 4.48. The van der Waals surface area contributed by atoms with E-state index in [9.17, 15) is 17.6 Å². The van der Waals surface area contributed by atoms with Gasteiger partial charge in [0.25, 0.3) is 0 Å². The first-order valence-corrected chi connectivity index (χ1v) is 9.21. The predicted molar refractivity (Wildman–Crippen MR) is 97.5 cm³/mol. The van der Waals surface area contributed by atoms with E-state index < -0.39 is 29.8 Å². The lowest BCUT2D eigenvalue weighted by Gasteiger charge is -2.28. The number of hydrogen-bond donors (Lipinski definition) is 0. The van der Waals surface area contributed by atoms with Crippen LogP contribution in [0.15, 0.2) is 61.2 Å². The van der Waals surface area contributed by atoms with E-state index in [1.807, 2.05) is 0 Å². The Balaban J connectivity index is 1.49. The van der Waals surface area contributed by atoms with Gasteiger partial charge in [-0.3, -0.25) is 0 Å². The molecule has 1 saturated heterocycles. The molecule has 0 amide bonds. The van der Waals surface area contributed by atoms with Crippen LogP contribution >= 0.6 is 0 Å². The number of para-hydroxylation sites is 2. The van der Waals surface area contributed by atoms with Crippen LogP contribution in [0.4, 0.5) is 17.6 Å². The van der Waals surface area contributed by atoms with Crippen molar-refractivity contribution >= 4 is 0 Å². The number of halogens is 4. The summed E-state index contributed by atoms with van der Waals surface area (Å²) in [6, 6.07) is 11.1. The van der Waals surface area contributed by atoms with Crippen molar-refractivity contribution in [1.82, 2.24) is 14.8 Å². The first kappa shape index (κ1) is 21.1. The second-order valence-electron chi connectivity index (χ2n) is 6.71. The van der Waals surface area contributed by atoms with E-state index in [1.54, 1.807) is 0 Å². The molecule has 0 bridgehead atoms. The number of alkyl halides is 3. The van der Waals surface area contributed by atoms with Crippen molar-refractivity contribution in [3.63, 3.8) is 0 Å². The molecule has 164 valence electrons. The lowest BCUT2D eigenvalue weighted by Crippen LogP contribution is -2.34. The molecular formula is C20H17F4N3O4. The second kappa shape index (κ2) is 8.52. The quantitative estimate of drug-likeness (QED) is 0.524. The van der Waals surface area contributed by atoms with Crippen LogP contribution in [0.2, 0.25) is 0 Å². The lowest BCUT2D eigenvalue weighted by atomic mass is 10.1. The molecule has 1 aromatic heterocycles. The lowest BCUT2D eigenvalue weighted by molar-refractivity contribution is -0.275. The van der Waals surface area contributed by atoms with E-state index in [-0.39, 0.29) is 25.5 Å². The van der Waals surface area contributed by atoms with Crippen LogP contribution in [0.1, 0.15) is 5.56 Å². The molecule has 1 fully saturated rings. The molecule has 3 aromatic rings.